The van der Waals surface area contributed by atoms with Crippen molar-refractivity contribution in [2.24, 2.45) is 21.1 Å². The lowest BCUT2D eigenvalue weighted by Crippen LogP contribution is -2.25. The van der Waals surface area contributed by atoms with Gasteiger partial charge in [-0.05, 0) is 82.0 Å². The Kier molecular flexibility index (Phi) is 9.03. The van der Waals surface area contributed by atoms with Crippen molar-refractivity contribution in [2.45, 2.75) is 0 Å². The van der Waals surface area contributed by atoms with Gasteiger partial charge in [-0.2, -0.15) is 0 Å². The summed E-state index contributed by atoms with van der Waals surface area (Å²) < 4.78 is 6.16. The maximum absolute atomic E-state index is 5.46. The van der Waals surface area contributed by atoms with Gasteiger partial charge in [-0.1, -0.05) is 66.7 Å². The molecule has 282 valence electrons. The van der Waals surface area contributed by atoms with E-state index in [1.807, 2.05) is 27.2 Å². The van der Waals surface area contributed by atoms with Crippen molar-refractivity contribution >= 4 is 58.5 Å². The number of hydrogen-bond acceptors (Lipinski definition) is 2. The quantitative estimate of drug-likeness (QED) is 0.131. The maximum atomic E-state index is 5.46. The molecule has 2 N–H and O–H groups in total. The van der Waals surface area contributed by atoms with E-state index in [1.54, 1.807) is 0 Å². The van der Waals surface area contributed by atoms with E-state index in [-0.39, 0.29) is 0 Å². The molecular formula is C52H42N7+3. The fourth-order valence-corrected chi connectivity index (χ4v) is 7.94. The van der Waals surface area contributed by atoms with Gasteiger partial charge in [0.15, 0.2) is 37.2 Å². The highest BCUT2D eigenvalue weighted by Crippen LogP contribution is 2.38. The molecule has 2 aliphatic rings. The second-order valence-electron chi connectivity index (χ2n) is 15.1. The molecule has 10 rings (SSSR count). The summed E-state index contributed by atoms with van der Waals surface area (Å²) >= 11 is 0. The van der Waals surface area contributed by atoms with Gasteiger partial charge < -0.3 is 9.97 Å². The molecule has 8 heterocycles. The van der Waals surface area contributed by atoms with Crippen LogP contribution in [0.15, 0.2) is 152 Å². The van der Waals surface area contributed by atoms with E-state index in [2.05, 4.69) is 207 Å². The minimum absolute atomic E-state index is 0.880. The van der Waals surface area contributed by atoms with Crippen LogP contribution in [0, 0.1) is 0 Å². The predicted octanol–water partition coefficient (Wildman–Crippen LogP) is 9.97. The van der Waals surface area contributed by atoms with Crippen molar-refractivity contribution in [2.75, 3.05) is 0 Å². The van der Waals surface area contributed by atoms with E-state index in [0.29, 0.717) is 0 Å². The molecule has 7 heteroatoms. The van der Waals surface area contributed by atoms with Crippen LogP contribution in [0.25, 0.3) is 103 Å². The summed E-state index contributed by atoms with van der Waals surface area (Å²) in [6.45, 7) is 0. The molecule has 0 unspecified atom stereocenters. The highest BCUT2D eigenvalue weighted by atomic mass is 14.9. The Labute approximate surface area is 343 Å². The zero-order valence-electron chi connectivity index (χ0n) is 33.1. The summed E-state index contributed by atoms with van der Waals surface area (Å²) in [4.78, 5) is 18.6. The van der Waals surface area contributed by atoms with Gasteiger partial charge in [0.05, 0.1) is 22.8 Å². The number of benzene rings is 2. The number of H-pyrrole nitrogens is 2. The maximum Gasteiger partial charge on any atom is 0.169 e. The average Bonchev–Trinajstić information content (AvgIpc) is 4.11. The number of aromatic amines is 2. The molecule has 2 aromatic carbocycles. The van der Waals surface area contributed by atoms with E-state index in [9.17, 15) is 0 Å². The Morgan fingerprint density at radius 3 is 1.00 bits per heavy atom. The first-order chi connectivity index (χ1) is 28.9. The Hall–Kier alpha value is -7.77. The van der Waals surface area contributed by atoms with Crippen molar-refractivity contribution in [3.63, 3.8) is 0 Å². The Morgan fingerprint density at radius 2 is 0.661 bits per heavy atom. The van der Waals surface area contributed by atoms with E-state index in [0.717, 1.165) is 94.9 Å². The molecule has 8 aromatic rings. The molecule has 0 fully saturated rings. The third kappa shape index (κ3) is 7.00. The zero-order chi connectivity index (χ0) is 39.9. The number of hydrogen-bond donors (Lipinski definition) is 2. The lowest BCUT2D eigenvalue weighted by molar-refractivity contribution is -0.671. The first-order valence-corrected chi connectivity index (χ1v) is 19.8. The van der Waals surface area contributed by atoms with Crippen LogP contribution < -0.4 is 13.7 Å². The van der Waals surface area contributed by atoms with Crippen molar-refractivity contribution in [3.8, 4) is 44.5 Å². The smallest absolute Gasteiger partial charge is 0.169 e. The third-order valence-corrected chi connectivity index (χ3v) is 11.0. The molecule has 0 radical (unpaired) electrons. The molecule has 59 heavy (non-hydrogen) atoms. The number of pyridine rings is 3. The lowest BCUT2D eigenvalue weighted by atomic mass is 10.0. The Bertz CT molecular complexity index is 3090. The molecule has 0 spiro atoms. The average molecular weight is 765 g/mol. The van der Waals surface area contributed by atoms with Gasteiger partial charge in [0.1, 0.15) is 21.1 Å². The summed E-state index contributed by atoms with van der Waals surface area (Å²) in [5.41, 5.74) is 18.0. The Balaban J connectivity index is 1.29. The lowest BCUT2D eigenvalue weighted by Gasteiger charge is -2.07. The fourth-order valence-electron chi connectivity index (χ4n) is 7.94. The highest BCUT2D eigenvalue weighted by molar-refractivity contribution is 5.99. The molecular weight excluding hydrogens is 723 g/mol. The highest BCUT2D eigenvalue weighted by Gasteiger charge is 2.20. The topological polar surface area (TPSA) is 69.0 Å². The van der Waals surface area contributed by atoms with E-state index < -0.39 is 0 Å². The predicted molar refractivity (Wildman–Crippen MR) is 239 cm³/mol. The zero-order valence-corrected chi connectivity index (χ0v) is 33.1. The molecule has 7 nitrogen and oxygen atoms in total. The van der Waals surface area contributed by atoms with Crippen LogP contribution in [0.4, 0.5) is 0 Å². The molecule has 0 atom stereocenters. The molecule has 8 bridgehead atoms. The minimum atomic E-state index is 0.880. The van der Waals surface area contributed by atoms with Gasteiger partial charge >= 0.3 is 0 Å². The van der Waals surface area contributed by atoms with Crippen LogP contribution in [0.1, 0.15) is 33.9 Å². The van der Waals surface area contributed by atoms with E-state index >= 15 is 0 Å². The van der Waals surface area contributed by atoms with Gasteiger partial charge in [0.2, 0.25) is 0 Å². The van der Waals surface area contributed by atoms with E-state index in [1.165, 1.54) is 5.56 Å². The normalized spacial score (nSPS) is 12.1. The second kappa shape index (κ2) is 15.0. The number of nitrogens with one attached hydrogen (secondary N) is 2. The standard InChI is InChI=1S/C52H41N7/c1-57-29-23-38(24-30-57)50-43-17-15-41(53-43)49(37-13-11-36(12-14-37)10-9-35-7-5-4-6-8-35)42-16-18-44(54-42)51(39-25-31-58(2)32-26-39)46-20-22-48(56-46)52(47-21-19-45(50)55-47)40-27-33-59(3)34-28-40/h4-34H,1-3H3,(H,53,54,55,56)/q+2/p+1/b10-9+,49-41?,49-42?,50-43?,50-45?,51-44?,51-46?,52-47?,52-48?. The third-order valence-electron chi connectivity index (χ3n) is 11.0. The van der Waals surface area contributed by atoms with Gasteiger partial charge in [0.25, 0.3) is 0 Å². The number of aryl methyl sites for hydroxylation is 3. The van der Waals surface area contributed by atoms with Crippen molar-refractivity contribution < 1.29 is 13.7 Å². The van der Waals surface area contributed by atoms with Gasteiger partial charge in [-0.15, -0.1) is 0 Å². The molecule has 0 aliphatic carbocycles. The summed E-state index contributed by atoms with van der Waals surface area (Å²) in [6, 6.07) is 40.7. The molecule has 0 amide bonds. The van der Waals surface area contributed by atoms with Crippen LogP contribution in [0.3, 0.4) is 0 Å². The summed E-state index contributed by atoms with van der Waals surface area (Å²) in [5, 5.41) is 0. The minimum Gasteiger partial charge on any atom is -0.354 e. The SMILES string of the molecule is C[n+]1ccc(-c2c3nc(c(-c4cc[n+](C)cc4)c4ccc([nH]4)c(-c4cc[n+](C)cc4)c4nc(c(-c5ccc(/C=C/c6ccccc6)cc5)c5ccc2[nH]5)C=C4)C=C3)cc1. The van der Waals surface area contributed by atoms with Crippen molar-refractivity contribution in [3.05, 3.63) is 186 Å². The molecule has 0 saturated heterocycles. The molecule has 6 aromatic heterocycles. The van der Waals surface area contributed by atoms with Crippen molar-refractivity contribution in [1.82, 2.24) is 19.9 Å². The van der Waals surface area contributed by atoms with Crippen molar-refractivity contribution in [1.29, 1.82) is 0 Å². The monoisotopic (exact) mass is 764 g/mol. The van der Waals surface area contributed by atoms with Gasteiger partial charge in [-0.3, -0.25) is 0 Å². The molecule has 2 aliphatic heterocycles. The first-order valence-electron chi connectivity index (χ1n) is 19.8. The van der Waals surface area contributed by atoms with Gasteiger partial charge in [-0.25, -0.2) is 23.7 Å². The van der Waals surface area contributed by atoms with Gasteiger partial charge in [0, 0.05) is 80.7 Å². The largest absolute Gasteiger partial charge is 0.354 e. The van der Waals surface area contributed by atoms with Crippen LogP contribution in [0.5, 0.6) is 0 Å². The Morgan fingerprint density at radius 1 is 0.356 bits per heavy atom. The number of fused-ring (bicyclic) bond motifs is 8. The second-order valence-corrected chi connectivity index (χ2v) is 15.1. The van der Waals surface area contributed by atoms with Crippen LogP contribution in [-0.2, 0) is 21.1 Å². The van der Waals surface area contributed by atoms with Crippen LogP contribution in [-0.4, -0.2) is 19.9 Å². The number of nitrogens with zero attached hydrogens (tertiary/aromatic N) is 5. The fraction of sp³-hybridized carbons (Fsp3) is 0.0577. The van der Waals surface area contributed by atoms with E-state index in [4.69, 9.17) is 9.97 Å². The van der Waals surface area contributed by atoms with Crippen LogP contribution in [0.2, 0.25) is 0 Å². The summed E-state index contributed by atoms with van der Waals surface area (Å²) in [6.07, 6.45) is 25.4. The molecule has 0 saturated carbocycles. The number of aromatic nitrogens is 7. The first kappa shape index (κ1) is 35.6. The summed E-state index contributed by atoms with van der Waals surface area (Å²) in [5.74, 6) is 0. The van der Waals surface area contributed by atoms with Crippen LogP contribution >= 0.6 is 0 Å². The summed E-state index contributed by atoms with van der Waals surface area (Å²) in [7, 11) is 6.11. The number of rotatable bonds is 6.